The fourth-order valence-electron chi connectivity index (χ4n) is 3.06. The van der Waals surface area contributed by atoms with Crippen molar-refractivity contribution in [3.05, 3.63) is 59.9 Å². The lowest BCUT2D eigenvalue weighted by molar-refractivity contribution is 0.145. The number of carbonyl (C=O) groups excluding carboxylic acids is 1. The summed E-state index contributed by atoms with van der Waals surface area (Å²) in [6.07, 6.45) is 8.06. The van der Waals surface area contributed by atoms with E-state index in [-0.39, 0.29) is 12.1 Å². The number of nitrogens with one attached hydrogen (secondary N) is 1. The molecule has 0 radical (unpaired) electrons. The molecule has 1 atom stereocenters. The van der Waals surface area contributed by atoms with Crippen LogP contribution in [0.5, 0.6) is 0 Å². The Morgan fingerprint density at radius 2 is 1.96 bits per heavy atom. The van der Waals surface area contributed by atoms with Crippen LogP contribution in [0.1, 0.15) is 24.1 Å². The van der Waals surface area contributed by atoms with E-state index in [1.165, 1.54) is 5.56 Å². The second kappa shape index (κ2) is 8.67. The van der Waals surface area contributed by atoms with E-state index in [9.17, 15) is 4.79 Å². The van der Waals surface area contributed by atoms with Crippen molar-refractivity contribution >= 4 is 12.1 Å². The quantitative estimate of drug-likeness (QED) is 0.899. The number of amides is 2. The first kappa shape index (κ1) is 18.2. The molecule has 1 aromatic carbocycles. The third kappa shape index (κ3) is 4.95. The minimum absolute atomic E-state index is 0.000769. The number of carbonyl (C=O) groups is 1. The summed E-state index contributed by atoms with van der Waals surface area (Å²) in [6.45, 7) is 6.20. The first-order valence-electron chi connectivity index (χ1n) is 9.10. The Bertz CT molecular complexity index is 732. The second-order valence-corrected chi connectivity index (χ2v) is 6.72. The lowest BCUT2D eigenvalue weighted by Gasteiger charge is -2.34. The predicted molar refractivity (Wildman–Crippen MR) is 104 cm³/mol. The SMILES string of the molecule is CC(NC(=O)N1CCN(CC=Cc2ccccc2)CC1)c1cnn(C)c1. The van der Waals surface area contributed by atoms with Crippen LogP contribution in [0, 0.1) is 0 Å². The molecule has 138 valence electrons. The summed E-state index contributed by atoms with van der Waals surface area (Å²) < 4.78 is 1.75. The van der Waals surface area contributed by atoms with Gasteiger partial charge in [0.25, 0.3) is 0 Å². The van der Waals surface area contributed by atoms with Gasteiger partial charge in [-0.3, -0.25) is 9.58 Å². The second-order valence-electron chi connectivity index (χ2n) is 6.72. The van der Waals surface area contributed by atoms with Gasteiger partial charge in [0.05, 0.1) is 12.2 Å². The number of nitrogens with zero attached hydrogens (tertiary/aromatic N) is 4. The zero-order valence-corrected chi connectivity index (χ0v) is 15.5. The van der Waals surface area contributed by atoms with Crippen LogP contribution in [0.2, 0.25) is 0 Å². The van der Waals surface area contributed by atoms with Crippen LogP contribution in [0.15, 0.2) is 48.8 Å². The predicted octanol–water partition coefficient (Wildman–Crippen LogP) is 2.52. The first-order chi connectivity index (χ1) is 12.6. The van der Waals surface area contributed by atoms with Crippen LogP contribution < -0.4 is 5.32 Å². The first-order valence-corrected chi connectivity index (χ1v) is 9.10. The van der Waals surface area contributed by atoms with E-state index >= 15 is 0 Å². The van der Waals surface area contributed by atoms with Crippen molar-refractivity contribution in [1.82, 2.24) is 24.9 Å². The number of urea groups is 1. The third-order valence-electron chi connectivity index (χ3n) is 4.70. The molecular weight excluding hydrogens is 326 g/mol. The third-order valence-corrected chi connectivity index (χ3v) is 4.70. The van der Waals surface area contributed by atoms with Gasteiger partial charge < -0.3 is 10.2 Å². The van der Waals surface area contributed by atoms with Crippen molar-refractivity contribution < 1.29 is 4.79 Å². The standard InChI is InChI=1S/C20H27N5O/c1-17(19-15-21-23(2)16-19)22-20(26)25-13-11-24(12-14-25)10-6-9-18-7-4-3-5-8-18/h3-9,15-17H,10-14H2,1-2H3,(H,22,26). The molecule has 2 heterocycles. The number of aryl methyl sites for hydroxylation is 1. The van der Waals surface area contributed by atoms with E-state index in [0.717, 1.165) is 38.3 Å². The minimum atomic E-state index is -0.0389. The molecule has 1 aliphatic rings. The van der Waals surface area contributed by atoms with E-state index in [1.54, 1.807) is 10.9 Å². The fourth-order valence-corrected chi connectivity index (χ4v) is 3.06. The molecule has 0 saturated carbocycles. The number of aromatic nitrogens is 2. The fraction of sp³-hybridized carbons (Fsp3) is 0.400. The molecule has 1 aromatic heterocycles. The van der Waals surface area contributed by atoms with Gasteiger partial charge in [-0.1, -0.05) is 42.5 Å². The maximum absolute atomic E-state index is 12.4. The van der Waals surface area contributed by atoms with Gasteiger partial charge in [0, 0.05) is 51.5 Å². The highest BCUT2D eigenvalue weighted by molar-refractivity contribution is 5.74. The van der Waals surface area contributed by atoms with E-state index < -0.39 is 0 Å². The van der Waals surface area contributed by atoms with Crippen molar-refractivity contribution in [2.24, 2.45) is 7.05 Å². The van der Waals surface area contributed by atoms with Gasteiger partial charge >= 0.3 is 6.03 Å². The van der Waals surface area contributed by atoms with Gasteiger partial charge in [-0.15, -0.1) is 0 Å². The molecule has 0 bridgehead atoms. The molecule has 0 aliphatic carbocycles. The van der Waals surface area contributed by atoms with Crippen molar-refractivity contribution in [3.8, 4) is 0 Å². The summed E-state index contributed by atoms with van der Waals surface area (Å²) in [6, 6.07) is 10.3. The van der Waals surface area contributed by atoms with Gasteiger partial charge in [0.1, 0.15) is 0 Å². The monoisotopic (exact) mass is 353 g/mol. The number of hydrogen-bond donors (Lipinski definition) is 1. The van der Waals surface area contributed by atoms with Crippen molar-refractivity contribution in [2.45, 2.75) is 13.0 Å². The molecular formula is C20H27N5O. The Hall–Kier alpha value is -2.60. The summed E-state index contributed by atoms with van der Waals surface area (Å²) >= 11 is 0. The summed E-state index contributed by atoms with van der Waals surface area (Å²) in [5.74, 6) is 0. The lowest BCUT2D eigenvalue weighted by atomic mass is 10.2. The Morgan fingerprint density at radius 1 is 1.23 bits per heavy atom. The Kier molecular flexibility index (Phi) is 6.07. The van der Waals surface area contributed by atoms with E-state index in [4.69, 9.17) is 0 Å². The average Bonchev–Trinajstić information content (AvgIpc) is 3.10. The van der Waals surface area contributed by atoms with Crippen LogP contribution in [-0.2, 0) is 7.05 Å². The highest BCUT2D eigenvalue weighted by atomic mass is 16.2. The van der Waals surface area contributed by atoms with Crippen molar-refractivity contribution in [3.63, 3.8) is 0 Å². The van der Waals surface area contributed by atoms with Gasteiger partial charge in [-0.05, 0) is 12.5 Å². The molecule has 1 unspecified atom stereocenters. The number of benzene rings is 1. The normalized spacial score (nSPS) is 16.8. The lowest BCUT2D eigenvalue weighted by Crippen LogP contribution is -2.52. The van der Waals surface area contributed by atoms with Gasteiger partial charge in [0.15, 0.2) is 0 Å². The Labute approximate surface area is 155 Å². The molecule has 1 N–H and O–H groups in total. The van der Waals surface area contributed by atoms with Crippen LogP contribution in [0.3, 0.4) is 0 Å². The van der Waals surface area contributed by atoms with Crippen LogP contribution in [0.4, 0.5) is 4.79 Å². The smallest absolute Gasteiger partial charge is 0.317 e. The van der Waals surface area contributed by atoms with Gasteiger partial charge in [0.2, 0.25) is 0 Å². The van der Waals surface area contributed by atoms with Gasteiger partial charge in [-0.25, -0.2) is 4.79 Å². The number of piperazine rings is 1. The van der Waals surface area contributed by atoms with Crippen LogP contribution in [-0.4, -0.2) is 58.3 Å². The largest absolute Gasteiger partial charge is 0.331 e. The maximum Gasteiger partial charge on any atom is 0.317 e. The highest BCUT2D eigenvalue weighted by Gasteiger charge is 2.22. The summed E-state index contributed by atoms with van der Waals surface area (Å²) in [7, 11) is 1.88. The molecule has 6 nitrogen and oxygen atoms in total. The van der Waals surface area contributed by atoms with Crippen LogP contribution in [0.25, 0.3) is 6.08 Å². The molecule has 2 aromatic rings. The Morgan fingerprint density at radius 3 is 2.62 bits per heavy atom. The summed E-state index contributed by atoms with van der Waals surface area (Å²) in [5, 5.41) is 7.22. The zero-order chi connectivity index (χ0) is 18.4. The van der Waals surface area contributed by atoms with Crippen LogP contribution >= 0.6 is 0 Å². The van der Waals surface area contributed by atoms with Crippen molar-refractivity contribution in [2.75, 3.05) is 32.7 Å². The molecule has 26 heavy (non-hydrogen) atoms. The highest BCUT2D eigenvalue weighted by Crippen LogP contribution is 2.12. The van der Waals surface area contributed by atoms with E-state index in [0.29, 0.717) is 0 Å². The van der Waals surface area contributed by atoms with E-state index in [2.05, 4.69) is 39.6 Å². The number of hydrogen-bond acceptors (Lipinski definition) is 3. The van der Waals surface area contributed by atoms with E-state index in [1.807, 2.05) is 43.3 Å². The topological polar surface area (TPSA) is 53.4 Å². The number of rotatable bonds is 5. The molecule has 3 rings (SSSR count). The molecule has 6 heteroatoms. The maximum atomic E-state index is 12.4. The average molecular weight is 353 g/mol. The molecule has 1 fully saturated rings. The summed E-state index contributed by atoms with van der Waals surface area (Å²) in [5.41, 5.74) is 2.24. The van der Waals surface area contributed by atoms with Gasteiger partial charge in [-0.2, -0.15) is 5.10 Å². The molecule has 1 saturated heterocycles. The molecule has 0 spiro atoms. The van der Waals surface area contributed by atoms with Crippen molar-refractivity contribution in [1.29, 1.82) is 0 Å². The minimum Gasteiger partial charge on any atom is -0.331 e. The molecule has 1 aliphatic heterocycles. The Balaban J connectivity index is 1.41. The zero-order valence-electron chi connectivity index (χ0n) is 15.5. The molecule has 2 amide bonds. The summed E-state index contributed by atoms with van der Waals surface area (Å²) in [4.78, 5) is 16.7.